The molecule has 28 heavy (non-hydrogen) atoms. The van der Waals surface area contributed by atoms with E-state index in [1.165, 1.54) is 36.0 Å². The molecule has 1 aliphatic rings. The lowest BCUT2D eigenvalue weighted by Gasteiger charge is -2.13. The number of carbonyl (C=O) groups excluding carboxylic acids is 3. The van der Waals surface area contributed by atoms with Crippen LogP contribution >= 0.6 is 23.5 Å². The molecule has 0 radical (unpaired) electrons. The van der Waals surface area contributed by atoms with Crippen molar-refractivity contribution in [3.63, 3.8) is 0 Å². The van der Waals surface area contributed by atoms with E-state index in [9.17, 15) is 18.8 Å². The topological polar surface area (TPSA) is 66.5 Å². The molecule has 1 N–H and O–H groups in total. The molecule has 0 bridgehead atoms. The third-order valence-electron chi connectivity index (χ3n) is 3.81. The Bertz CT molecular complexity index is 901. The zero-order valence-electron chi connectivity index (χ0n) is 14.8. The number of imide groups is 1. The first-order valence-corrected chi connectivity index (χ1v) is 10.3. The first kappa shape index (κ1) is 20.2. The average molecular weight is 416 g/mol. The number of rotatable bonds is 7. The standard InChI is InChI=1S/C20H17FN2O3S2/c21-15-8-6-14(7-9-15)12-17-19(25)23(20(26)28-17)11-10-22-18(24)13-27-16-4-2-1-3-5-16/h1-9,12H,10-11,13H2,(H,22,24)/b17-12-. The van der Waals surface area contributed by atoms with Crippen LogP contribution in [0.25, 0.3) is 6.08 Å². The zero-order chi connectivity index (χ0) is 19.9. The first-order chi connectivity index (χ1) is 13.5. The van der Waals surface area contributed by atoms with Gasteiger partial charge in [0.15, 0.2) is 0 Å². The van der Waals surface area contributed by atoms with E-state index in [1.54, 1.807) is 6.08 Å². The van der Waals surface area contributed by atoms with E-state index < -0.39 is 5.91 Å². The predicted octanol–water partition coefficient (Wildman–Crippen LogP) is 3.77. The van der Waals surface area contributed by atoms with Crippen molar-refractivity contribution in [2.24, 2.45) is 0 Å². The highest BCUT2D eigenvalue weighted by Gasteiger charge is 2.34. The van der Waals surface area contributed by atoms with E-state index in [-0.39, 0.29) is 40.7 Å². The molecule has 0 atom stereocenters. The summed E-state index contributed by atoms with van der Waals surface area (Å²) in [5.74, 6) is -0.683. The summed E-state index contributed by atoms with van der Waals surface area (Å²) >= 11 is 2.25. The van der Waals surface area contributed by atoms with Crippen LogP contribution in [0.15, 0.2) is 64.4 Å². The summed E-state index contributed by atoms with van der Waals surface area (Å²) < 4.78 is 13.0. The summed E-state index contributed by atoms with van der Waals surface area (Å²) in [5, 5.41) is 2.33. The lowest BCUT2D eigenvalue weighted by atomic mass is 10.2. The fourth-order valence-electron chi connectivity index (χ4n) is 2.43. The summed E-state index contributed by atoms with van der Waals surface area (Å²) in [5.41, 5.74) is 0.637. The molecule has 0 aliphatic carbocycles. The summed E-state index contributed by atoms with van der Waals surface area (Å²) in [6, 6.07) is 15.2. The number of halogens is 1. The highest BCUT2D eigenvalue weighted by Crippen LogP contribution is 2.31. The number of thioether (sulfide) groups is 2. The van der Waals surface area contributed by atoms with Gasteiger partial charge in [0.1, 0.15) is 5.82 Å². The molecule has 1 saturated heterocycles. The van der Waals surface area contributed by atoms with Crippen molar-refractivity contribution in [3.05, 3.63) is 70.9 Å². The molecule has 8 heteroatoms. The third kappa shape index (κ3) is 5.46. The van der Waals surface area contributed by atoms with Crippen LogP contribution < -0.4 is 5.32 Å². The lowest BCUT2D eigenvalue weighted by molar-refractivity contribution is -0.123. The Labute approximate surface area is 170 Å². The van der Waals surface area contributed by atoms with Crippen molar-refractivity contribution < 1.29 is 18.8 Å². The Hall–Kier alpha value is -2.58. The van der Waals surface area contributed by atoms with E-state index >= 15 is 0 Å². The number of nitrogens with one attached hydrogen (secondary N) is 1. The molecule has 2 aromatic carbocycles. The molecule has 1 heterocycles. The summed E-state index contributed by atoms with van der Waals surface area (Å²) in [4.78, 5) is 38.8. The van der Waals surface area contributed by atoms with E-state index in [4.69, 9.17) is 0 Å². The van der Waals surface area contributed by atoms with Crippen LogP contribution in [-0.2, 0) is 9.59 Å². The number of benzene rings is 2. The Kier molecular flexibility index (Phi) is 6.89. The van der Waals surface area contributed by atoms with Crippen LogP contribution in [0.5, 0.6) is 0 Å². The van der Waals surface area contributed by atoms with Gasteiger partial charge in [0.05, 0.1) is 10.7 Å². The van der Waals surface area contributed by atoms with Crippen LogP contribution in [0.3, 0.4) is 0 Å². The van der Waals surface area contributed by atoms with Gasteiger partial charge in [0, 0.05) is 18.0 Å². The monoisotopic (exact) mass is 416 g/mol. The maximum atomic E-state index is 13.0. The van der Waals surface area contributed by atoms with Gasteiger partial charge in [0.25, 0.3) is 11.1 Å². The van der Waals surface area contributed by atoms with Gasteiger partial charge in [-0.1, -0.05) is 30.3 Å². The minimum Gasteiger partial charge on any atom is -0.354 e. The van der Waals surface area contributed by atoms with Crippen molar-refractivity contribution in [2.75, 3.05) is 18.8 Å². The van der Waals surface area contributed by atoms with Crippen molar-refractivity contribution in [1.29, 1.82) is 0 Å². The maximum absolute atomic E-state index is 13.0. The normalized spacial score (nSPS) is 15.3. The average Bonchev–Trinajstić information content (AvgIpc) is 2.96. The molecular formula is C20H17FN2O3S2. The molecule has 5 nitrogen and oxygen atoms in total. The highest BCUT2D eigenvalue weighted by molar-refractivity contribution is 8.18. The fourth-order valence-corrected chi connectivity index (χ4v) is 4.04. The second kappa shape index (κ2) is 9.57. The molecular weight excluding hydrogens is 399 g/mol. The SMILES string of the molecule is O=C(CSc1ccccc1)NCCN1C(=O)S/C(=C\c2ccc(F)cc2)C1=O. The molecule has 1 fully saturated rings. The van der Waals surface area contributed by atoms with Crippen LogP contribution in [0.1, 0.15) is 5.56 Å². The molecule has 144 valence electrons. The van der Waals surface area contributed by atoms with Crippen LogP contribution in [0.4, 0.5) is 9.18 Å². The largest absolute Gasteiger partial charge is 0.354 e. The molecule has 2 aromatic rings. The van der Waals surface area contributed by atoms with Gasteiger partial charge in [-0.3, -0.25) is 19.3 Å². The van der Waals surface area contributed by atoms with Crippen molar-refractivity contribution in [3.8, 4) is 0 Å². The molecule has 1 aliphatic heterocycles. The van der Waals surface area contributed by atoms with Gasteiger partial charge in [-0.2, -0.15) is 0 Å². The molecule has 3 rings (SSSR count). The molecule has 0 unspecified atom stereocenters. The van der Waals surface area contributed by atoms with Crippen LogP contribution in [0.2, 0.25) is 0 Å². The van der Waals surface area contributed by atoms with Gasteiger partial charge < -0.3 is 5.32 Å². The van der Waals surface area contributed by atoms with E-state index in [0.717, 1.165) is 21.6 Å². The second-order valence-electron chi connectivity index (χ2n) is 5.84. The number of amides is 3. The zero-order valence-corrected chi connectivity index (χ0v) is 16.4. The molecule has 0 aromatic heterocycles. The smallest absolute Gasteiger partial charge is 0.293 e. The summed E-state index contributed by atoms with van der Waals surface area (Å²) in [7, 11) is 0. The second-order valence-corrected chi connectivity index (χ2v) is 7.88. The van der Waals surface area contributed by atoms with Crippen molar-refractivity contribution in [2.45, 2.75) is 4.90 Å². The summed E-state index contributed by atoms with van der Waals surface area (Å²) in [6.07, 6.45) is 1.55. The Balaban J connectivity index is 1.48. The Morgan fingerprint density at radius 3 is 2.54 bits per heavy atom. The molecule has 0 spiro atoms. The van der Waals surface area contributed by atoms with Crippen LogP contribution in [0, 0.1) is 5.82 Å². The highest BCUT2D eigenvalue weighted by atomic mass is 32.2. The molecule has 3 amide bonds. The van der Waals surface area contributed by atoms with Gasteiger partial charge in [-0.15, -0.1) is 11.8 Å². The Morgan fingerprint density at radius 2 is 1.82 bits per heavy atom. The number of hydrogen-bond donors (Lipinski definition) is 1. The quantitative estimate of drug-likeness (QED) is 0.550. The fraction of sp³-hybridized carbons (Fsp3) is 0.150. The predicted molar refractivity (Wildman–Crippen MR) is 109 cm³/mol. The number of carbonyl (C=O) groups is 3. The van der Waals surface area contributed by atoms with E-state index in [1.807, 2.05) is 30.3 Å². The van der Waals surface area contributed by atoms with Gasteiger partial charge in [0.2, 0.25) is 5.91 Å². The van der Waals surface area contributed by atoms with Gasteiger partial charge in [-0.05, 0) is 47.7 Å². The van der Waals surface area contributed by atoms with Crippen molar-refractivity contribution >= 4 is 46.7 Å². The van der Waals surface area contributed by atoms with Gasteiger partial charge in [-0.25, -0.2) is 4.39 Å². The lowest BCUT2D eigenvalue weighted by Crippen LogP contribution is -2.37. The summed E-state index contributed by atoms with van der Waals surface area (Å²) in [6.45, 7) is 0.295. The molecule has 0 saturated carbocycles. The Morgan fingerprint density at radius 1 is 1.11 bits per heavy atom. The number of nitrogens with zero attached hydrogens (tertiary/aromatic N) is 1. The maximum Gasteiger partial charge on any atom is 0.293 e. The van der Waals surface area contributed by atoms with Crippen LogP contribution in [-0.4, -0.2) is 40.8 Å². The number of hydrogen-bond acceptors (Lipinski definition) is 5. The third-order valence-corrected chi connectivity index (χ3v) is 5.73. The first-order valence-electron chi connectivity index (χ1n) is 8.48. The van der Waals surface area contributed by atoms with Crippen molar-refractivity contribution in [1.82, 2.24) is 10.2 Å². The van der Waals surface area contributed by atoms with E-state index in [0.29, 0.717) is 5.56 Å². The van der Waals surface area contributed by atoms with Gasteiger partial charge >= 0.3 is 0 Å². The minimum atomic E-state index is -0.410. The van der Waals surface area contributed by atoms with E-state index in [2.05, 4.69) is 5.32 Å². The minimum absolute atomic E-state index is 0.104.